The zero-order chi connectivity index (χ0) is 26.9. The molecule has 0 saturated heterocycles. The van der Waals surface area contributed by atoms with Gasteiger partial charge in [0.25, 0.3) is 0 Å². The molecule has 1 aliphatic rings. The van der Waals surface area contributed by atoms with Crippen LogP contribution in [0.1, 0.15) is 34.3 Å². The first-order valence-electron chi connectivity index (χ1n) is 12.0. The average molecular weight is 516 g/mol. The summed E-state index contributed by atoms with van der Waals surface area (Å²) in [4.78, 5) is 42.0. The van der Waals surface area contributed by atoms with E-state index in [2.05, 4.69) is 9.72 Å². The van der Waals surface area contributed by atoms with Crippen molar-refractivity contribution < 1.29 is 32.6 Å². The number of methoxy groups -OCH3 is 1. The minimum atomic E-state index is -0.966. The van der Waals surface area contributed by atoms with Crippen molar-refractivity contribution in [1.82, 2.24) is 4.98 Å². The van der Waals surface area contributed by atoms with Crippen LogP contribution < -0.4 is 4.74 Å². The minimum absolute atomic E-state index is 0.0975. The van der Waals surface area contributed by atoms with Gasteiger partial charge in [-0.15, -0.1) is 0 Å². The van der Waals surface area contributed by atoms with Crippen molar-refractivity contribution in [1.29, 1.82) is 0 Å². The van der Waals surface area contributed by atoms with Crippen LogP contribution in [-0.2, 0) is 27.2 Å². The SMILES string of the molecule is COC(=O)c1cc2c(Oc3ccc(CC(=O)C4(C(=O)Cc5ccc(F)cc5)CC4)cc3)ccnc2cc1F. The van der Waals surface area contributed by atoms with Crippen LogP contribution in [-0.4, -0.2) is 29.6 Å². The summed E-state index contributed by atoms with van der Waals surface area (Å²) in [7, 11) is 1.17. The van der Waals surface area contributed by atoms with Crippen LogP contribution in [0.15, 0.2) is 72.9 Å². The van der Waals surface area contributed by atoms with Crippen molar-refractivity contribution in [3.8, 4) is 11.5 Å². The van der Waals surface area contributed by atoms with E-state index < -0.39 is 17.2 Å². The minimum Gasteiger partial charge on any atom is -0.465 e. The van der Waals surface area contributed by atoms with Crippen LogP contribution >= 0.6 is 0 Å². The first-order chi connectivity index (χ1) is 18.3. The highest BCUT2D eigenvalue weighted by atomic mass is 19.1. The van der Waals surface area contributed by atoms with Crippen molar-refractivity contribution in [3.05, 3.63) is 101 Å². The molecule has 0 amide bonds. The molecule has 1 aliphatic carbocycles. The number of halogens is 2. The predicted molar refractivity (Wildman–Crippen MR) is 135 cm³/mol. The van der Waals surface area contributed by atoms with Gasteiger partial charge in [-0.25, -0.2) is 13.6 Å². The standard InChI is InChI=1S/C30H23F2NO5/c1-37-29(36)22-16-23-25(17-24(22)32)33-13-10-26(23)38-21-8-4-19(5-9-21)15-28(35)30(11-12-30)27(34)14-18-2-6-20(31)7-3-18/h2-10,13,16-17H,11-12,14-15H2,1H3. The van der Waals surface area contributed by atoms with Gasteiger partial charge in [0, 0.05) is 30.5 Å². The molecule has 1 saturated carbocycles. The van der Waals surface area contributed by atoms with E-state index in [0.717, 1.165) is 11.6 Å². The molecule has 0 spiro atoms. The van der Waals surface area contributed by atoms with Gasteiger partial charge >= 0.3 is 5.97 Å². The van der Waals surface area contributed by atoms with Crippen molar-refractivity contribution in [2.24, 2.45) is 5.41 Å². The number of fused-ring (bicyclic) bond motifs is 1. The Labute approximate surface area is 217 Å². The maximum Gasteiger partial charge on any atom is 0.340 e. The third-order valence-electron chi connectivity index (χ3n) is 6.81. The number of aromatic nitrogens is 1. The fraction of sp³-hybridized carbons (Fsp3) is 0.200. The monoisotopic (exact) mass is 515 g/mol. The summed E-state index contributed by atoms with van der Waals surface area (Å²) in [6.07, 6.45) is 2.72. The number of carbonyl (C=O) groups is 3. The molecule has 3 aromatic carbocycles. The number of Topliss-reactive ketones (excluding diaryl/α,β-unsaturated/α-hetero) is 2. The van der Waals surface area contributed by atoms with E-state index in [1.165, 1.54) is 31.5 Å². The van der Waals surface area contributed by atoms with Crippen molar-refractivity contribution in [3.63, 3.8) is 0 Å². The summed E-state index contributed by atoms with van der Waals surface area (Å²) in [6.45, 7) is 0. The van der Waals surface area contributed by atoms with E-state index in [1.54, 1.807) is 42.5 Å². The lowest BCUT2D eigenvalue weighted by Gasteiger charge is -2.14. The second-order valence-corrected chi connectivity index (χ2v) is 9.30. The lowest BCUT2D eigenvalue weighted by molar-refractivity contribution is -0.133. The van der Waals surface area contributed by atoms with Gasteiger partial charge in [-0.05, 0) is 60.4 Å². The molecule has 0 unspecified atom stereocenters. The van der Waals surface area contributed by atoms with Gasteiger partial charge in [0.2, 0.25) is 0 Å². The number of benzene rings is 3. The Morgan fingerprint density at radius 2 is 1.47 bits per heavy atom. The molecular formula is C30H23F2NO5. The second kappa shape index (κ2) is 10.1. The molecule has 4 aromatic rings. The summed E-state index contributed by atoms with van der Waals surface area (Å²) in [5.41, 5.74) is 0.538. The van der Waals surface area contributed by atoms with E-state index >= 15 is 0 Å². The molecule has 0 bridgehead atoms. The Morgan fingerprint density at radius 3 is 2.05 bits per heavy atom. The van der Waals surface area contributed by atoms with Gasteiger partial charge in [-0.2, -0.15) is 0 Å². The van der Waals surface area contributed by atoms with E-state index in [1.807, 2.05) is 0 Å². The lowest BCUT2D eigenvalue weighted by atomic mass is 9.88. The number of ether oxygens (including phenoxy) is 2. The zero-order valence-corrected chi connectivity index (χ0v) is 20.5. The molecule has 0 atom stereocenters. The quantitative estimate of drug-likeness (QED) is 0.207. The molecule has 38 heavy (non-hydrogen) atoms. The van der Waals surface area contributed by atoms with E-state index in [4.69, 9.17) is 4.74 Å². The largest absolute Gasteiger partial charge is 0.465 e. The van der Waals surface area contributed by atoms with Gasteiger partial charge in [0.1, 0.15) is 23.1 Å². The van der Waals surface area contributed by atoms with Gasteiger partial charge in [0.05, 0.1) is 23.6 Å². The lowest BCUT2D eigenvalue weighted by Crippen LogP contribution is -2.28. The number of hydrogen-bond acceptors (Lipinski definition) is 6. The second-order valence-electron chi connectivity index (χ2n) is 9.30. The molecule has 1 heterocycles. The first-order valence-corrected chi connectivity index (χ1v) is 12.0. The number of carbonyl (C=O) groups excluding carboxylic acids is 3. The number of rotatable bonds is 9. The fourth-order valence-electron chi connectivity index (χ4n) is 4.45. The topological polar surface area (TPSA) is 82.6 Å². The molecule has 1 fully saturated rings. The smallest absolute Gasteiger partial charge is 0.340 e. The summed E-state index contributed by atoms with van der Waals surface area (Å²) in [5.74, 6) is -1.36. The van der Waals surface area contributed by atoms with E-state index in [0.29, 0.717) is 40.8 Å². The third kappa shape index (κ3) is 5.02. The van der Waals surface area contributed by atoms with Crippen molar-refractivity contribution in [2.75, 3.05) is 7.11 Å². The molecule has 5 rings (SSSR count). The number of ketones is 2. The predicted octanol–water partition coefficient (Wildman–Crippen LogP) is 5.80. The molecule has 1 aromatic heterocycles. The van der Waals surface area contributed by atoms with Gasteiger partial charge < -0.3 is 9.47 Å². The maximum absolute atomic E-state index is 14.3. The highest BCUT2D eigenvalue weighted by molar-refractivity contribution is 6.11. The van der Waals surface area contributed by atoms with Gasteiger partial charge in [-0.1, -0.05) is 24.3 Å². The fourth-order valence-corrected chi connectivity index (χ4v) is 4.45. The third-order valence-corrected chi connectivity index (χ3v) is 6.81. The van der Waals surface area contributed by atoms with Crippen LogP contribution in [0, 0.1) is 17.0 Å². The van der Waals surface area contributed by atoms with Gasteiger partial charge in [0.15, 0.2) is 11.6 Å². The Bertz CT molecular complexity index is 1540. The summed E-state index contributed by atoms with van der Waals surface area (Å²) < 4.78 is 38.0. The van der Waals surface area contributed by atoms with Crippen LogP contribution in [0.2, 0.25) is 0 Å². The van der Waals surface area contributed by atoms with Crippen LogP contribution in [0.3, 0.4) is 0 Å². The number of pyridine rings is 1. The van der Waals surface area contributed by atoms with Gasteiger partial charge in [-0.3, -0.25) is 14.6 Å². The Balaban J connectivity index is 1.28. The molecule has 0 radical (unpaired) electrons. The van der Waals surface area contributed by atoms with Crippen LogP contribution in [0.5, 0.6) is 11.5 Å². The number of esters is 1. The molecule has 0 N–H and O–H groups in total. The van der Waals surface area contributed by atoms with E-state index in [9.17, 15) is 23.2 Å². The Morgan fingerprint density at radius 1 is 0.868 bits per heavy atom. The summed E-state index contributed by atoms with van der Waals surface area (Å²) in [5, 5.41) is 0.434. The van der Waals surface area contributed by atoms with Crippen LogP contribution in [0.25, 0.3) is 10.9 Å². The molecule has 192 valence electrons. The average Bonchev–Trinajstić information content (AvgIpc) is 3.73. The first kappa shape index (κ1) is 25.2. The highest BCUT2D eigenvalue weighted by Gasteiger charge is 2.54. The molecular weight excluding hydrogens is 492 g/mol. The zero-order valence-electron chi connectivity index (χ0n) is 20.5. The normalized spacial score (nSPS) is 13.7. The summed E-state index contributed by atoms with van der Waals surface area (Å²) in [6, 6.07) is 16.7. The van der Waals surface area contributed by atoms with Crippen LogP contribution in [0.4, 0.5) is 8.78 Å². The molecule has 0 aliphatic heterocycles. The molecule has 8 heteroatoms. The number of nitrogens with zero attached hydrogens (tertiary/aromatic N) is 1. The van der Waals surface area contributed by atoms with Crippen molar-refractivity contribution in [2.45, 2.75) is 25.7 Å². The number of hydrogen-bond donors (Lipinski definition) is 0. The van der Waals surface area contributed by atoms with E-state index in [-0.39, 0.29) is 35.8 Å². The Hall–Kier alpha value is -4.46. The molecule has 6 nitrogen and oxygen atoms in total. The highest BCUT2D eigenvalue weighted by Crippen LogP contribution is 2.48. The summed E-state index contributed by atoms with van der Waals surface area (Å²) >= 11 is 0. The maximum atomic E-state index is 14.3. The van der Waals surface area contributed by atoms with Crippen molar-refractivity contribution >= 4 is 28.4 Å². The Kier molecular flexibility index (Phi) is 6.72.